The van der Waals surface area contributed by atoms with Gasteiger partial charge in [-0.05, 0) is 47.2 Å². The van der Waals surface area contributed by atoms with Gasteiger partial charge in [0.05, 0.1) is 41.6 Å². The lowest BCUT2D eigenvalue weighted by Gasteiger charge is -2.48. The zero-order valence-corrected chi connectivity index (χ0v) is 25.9. The van der Waals surface area contributed by atoms with Gasteiger partial charge in [-0.3, -0.25) is 23.5 Å². The van der Waals surface area contributed by atoms with Gasteiger partial charge >= 0.3 is 11.1 Å². The zero-order valence-electron chi connectivity index (χ0n) is 25.2. The molecule has 3 heterocycles. The molecular formula is C33H33ClF2N4O4. The molecule has 230 valence electrons. The number of benzene rings is 2. The summed E-state index contributed by atoms with van der Waals surface area (Å²) in [5.74, 6) is -2.60. The van der Waals surface area contributed by atoms with Crippen LogP contribution in [0.5, 0.6) is 0 Å². The van der Waals surface area contributed by atoms with Crippen LogP contribution in [-0.2, 0) is 16.1 Å². The standard InChI is InChI=1S/C33H33ClF2N4O4/c1-7-26(41)38-15-33(16-38,44-6)17-39-25-14-23(34)28(22-12-9-13-24(35)27(22)36)37-30(25)40(32(43)31(39)42)29-20(18(2)3)10-8-11-21(29)19(4)5/h7-14,18-19H,1,15-17H2,2-6H3. The highest BCUT2D eigenvalue weighted by atomic mass is 35.5. The smallest absolute Gasteiger partial charge is 0.322 e. The Bertz CT molecular complexity index is 1900. The SMILES string of the molecule is C=CC(=O)N1CC(Cn2c(=O)c(=O)n(-c3c(C(C)C)cccc3C(C)C)c3nc(-c4cccc(F)c4F)c(Cl)cc32)(OC)C1. The number of methoxy groups -OCH3 is 1. The van der Waals surface area contributed by atoms with E-state index in [0.29, 0.717) is 5.69 Å². The molecule has 0 aliphatic carbocycles. The molecule has 0 unspecified atom stereocenters. The van der Waals surface area contributed by atoms with Crippen molar-refractivity contribution in [2.75, 3.05) is 20.2 Å². The van der Waals surface area contributed by atoms with Gasteiger partial charge in [-0.1, -0.05) is 70.1 Å². The summed E-state index contributed by atoms with van der Waals surface area (Å²) >= 11 is 6.67. The minimum absolute atomic E-state index is 0.0391. The summed E-state index contributed by atoms with van der Waals surface area (Å²) in [6.45, 7) is 11.6. The van der Waals surface area contributed by atoms with Crippen LogP contribution in [0.15, 0.2) is 64.7 Å². The lowest BCUT2D eigenvalue weighted by Crippen LogP contribution is -2.66. The number of carbonyl (C=O) groups excluding carboxylic acids is 1. The molecule has 0 radical (unpaired) electrons. The predicted molar refractivity (Wildman–Crippen MR) is 167 cm³/mol. The maximum Gasteiger partial charge on any atom is 0.322 e. The lowest BCUT2D eigenvalue weighted by molar-refractivity contribution is -0.160. The zero-order chi connectivity index (χ0) is 32.1. The molecule has 5 rings (SSSR count). The Balaban J connectivity index is 1.88. The monoisotopic (exact) mass is 622 g/mol. The third-order valence-electron chi connectivity index (χ3n) is 8.17. The molecule has 1 saturated heterocycles. The van der Waals surface area contributed by atoms with E-state index < -0.39 is 28.4 Å². The van der Waals surface area contributed by atoms with Crippen LogP contribution in [0.1, 0.15) is 50.7 Å². The molecule has 0 saturated carbocycles. The van der Waals surface area contributed by atoms with E-state index in [1.54, 1.807) is 0 Å². The van der Waals surface area contributed by atoms with Gasteiger partial charge in [0.2, 0.25) is 5.91 Å². The number of aromatic nitrogens is 3. The van der Waals surface area contributed by atoms with E-state index in [-0.39, 0.29) is 64.8 Å². The maximum atomic E-state index is 15.1. The van der Waals surface area contributed by atoms with Crippen LogP contribution in [0.4, 0.5) is 8.78 Å². The van der Waals surface area contributed by atoms with E-state index in [2.05, 4.69) is 11.6 Å². The molecule has 1 aliphatic heterocycles. The molecule has 11 heteroatoms. The fourth-order valence-corrected chi connectivity index (χ4v) is 6.02. The molecule has 2 aromatic carbocycles. The van der Waals surface area contributed by atoms with Crippen LogP contribution in [0.3, 0.4) is 0 Å². The number of hydrogen-bond donors (Lipinski definition) is 0. The fraction of sp³-hybridized carbons (Fsp3) is 0.333. The first-order valence-electron chi connectivity index (χ1n) is 14.2. The third-order valence-corrected chi connectivity index (χ3v) is 8.45. The Morgan fingerprint density at radius 2 is 1.68 bits per heavy atom. The topological polar surface area (TPSA) is 86.4 Å². The van der Waals surface area contributed by atoms with Gasteiger partial charge in [0.1, 0.15) is 5.60 Å². The second-order valence-corrected chi connectivity index (χ2v) is 12.1. The van der Waals surface area contributed by atoms with Gasteiger partial charge < -0.3 is 9.64 Å². The molecule has 44 heavy (non-hydrogen) atoms. The Kier molecular flexibility index (Phi) is 8.35. The van der Waals surface area contributed by atoms with Gasteiger partial charge in [-0.2, -0.15) is 0 Å². The highest BCUT2D eigenvalue weighted by Crippen LogP contribution is 2.36. The molecule has 0 N–H and O–H groups in total. The van der Waals surface area contributed by atoms with Crippen LogP contribution < -0.4 is 11.1 Å². The molecule has 0 atom stereocenters. The molecule has 1 amide bonds. The van der Waals surface area contributed by atoms with Crippen molar-refractivity contribution in [1.82, 2.24) is 19.0 Å². The van der Waals surface area contributed by atoms with Gasteiger partial charge in [0.15, 0.2) is 17.3 Å². The van der Waals surface area contributed by atoms with E-state index in [1.165, 1.54) is 45.4 Å². The summed E-state index contributed by atoms with van der Waals surface area (Å²) in [4.78, 5) is 46.6. The minimum Gasteiger partial charge on any atom is -0.373 e. The molecule has 4 aromatic rings. The average Bonchev–Trinajstić information content (AvgIpc) is 2.97. The second kappa shape index (κ2) is 11.7. The predicted octanol–water partition coefficient (Wildman–Crippen LogP) is 5.81. The van der Waals surface area contributed by atoms with E-state index >= 15 is 4.39 Å². The number of ether oxygens (including phenoxy) is 1. The number of para-hydroxylation sites is 1. The van der Waals surface area contributed by atoms with Crippen molar-refractivity contribution >= 4 is 28.7 Å². The highest BCUT2D eigenvalue weighted by Gasteiger charge is 2.46. The second-order valence-electron chi connectivity index (χ2n) is 11.7. The summed E-state index contributed by atoms with van der Waals surface area (Å²) in [6.07, 6.45) is 1.19. The van der Waals surface area contributed by atoms with Crippen LogP contribution in [0, 0.1) is 11.6 Å². The fourth-order valence-electron chi connectivity index (χ4n) is 5.78. The Hall–Kier alpha value is -4.15. The van der Waals surface area contributed by atoms with E-state index in [9.17, 15) is 18.8 Å². The van der Waals surface area contributed by atoms with Gasteiger partial charge in [-0.25, -0.2) is 13.8 Å². The van der Waals surface area contributed by atoms with E-state index in [4.69, 9.17) is 16.3 Å². The third kappa shape index (κ3) is 5.16. The largest absolute Gasteiger partial charge is 0.373 e. The number of rotatable bonds is 8. The molecule has 0 spiro atoms. The Morgan fingerprint density at radius 1 is 1.07 bits per heavy atom. The summed E-state index contributed by atoms with van der Waals surface area (Å²) in [5, 5.41) is -0.0508. The van der Waals surface area contributed by atoms with Crippen molar-refractivity contribution in [2.24, 2.45) is 0 Å². The maximum absolute atomic E-state index is 15.1. The number of amides is 1. The molecule has 8 nitrogen and oxygen atoms in total. The first-order chi connectivity index (χ1) is 20.8. The number of fused-ring (bicyclic) bond motifs is 1. The van der Waals surface area contributed by atoms with Crippen LogP contribution in [-0.4, -0.2) is 50.7 Å². The Morgan fingerprint density at radius 3 is 2.25 bits per heavy atom. The van der Waals surface area contributed by atoms with E-state index in [1.807, 2.05) is 45.9 Å². The van der Waals surface area contributed by atoms with Crippen molar-refractivity contribution in [3.8, 4) is 16.9 Å². The lowest BCUT2D eigenvalue weighted by atomic mass is 9.92. The summed E-state index contributed by atoms with van der Waals surface area (Å²) in [5.41, 5.74) is -0.643. The average molecular weight is 623 g/mol. The van der Waals surface area contributed by atoms with E-state index in [0.717, 1.165) is 17.2 Å². The number of likely N-dealkylation sites (tertiary alicyclic amines) is 1. The van der Waals surface area contributed by atoms with Crippen LogP contribution >= 0.6 is 11.6 Å². The summed E-state index contributed by atoms with van der Waals surface area (Å²) in [7, 11) is 1.47. The number of nitrogens with zero attached hydrogens (tertiary/aromatic N) is 4. The minimum atomic E-state index is -1.14. The highest BCUT2D eigenvalue weighted by molar-refractivity contribution is 6.33. The normalized spacial score (nSPS) is 14.4. The number of pyridine rings is 1. The number of hydrogen-bond acceptors (Lipinski definition) is 5. The van der Waals surface area contributed by atoms with Crippen molar-refractivity contribution in [1.29, 1.82) is 0 Å². The Labute approximate surface area is 258 Å². The molecule has 2 aromatic heterocycles. The van der Waals surface area contributed by atoms with Crippen molar-refractivity contribution in [3.05, 3.63) is 104 Å². The van der Waals surface area contributed by atoms with Crippen LogP contribution in [0.25, 0.3) is 28.1 Å². The molecule has 0 bridgehead atoms. The van der Waals surface area contributed by atoms with Crippen molar-refractivity contribution in [3.63, 3.8) is 0 Å². The molecular weight excluding hydrogens is 590 g/mol. The quantitative estimate of drug-likeness (QED) is 0.183. The van der Waals surface area contributed by atoms with Gasteiger partial charge in [0, 0.05) is 12.7 Å². The molecule has 1 fully saturated rings. The van der Waals surface area contributed by atoms with Crippen LogP contribution in [0.2, 0.25) is 5.02 Å². The summed E-state index contributed by atoms with van der Waals surface area (Å²) in [6, 6.07) is 10.8. The van der Waals surface area contributed by atoms with Crippen molar-refractivity contribution in [2.45, 2.75) is 51.7 Å². The number of carbonyl (C=O) groups is 1. The van der Waals surface area contributed by atoms with Crippen molar-refractivity contribution < 1.29 is 18.3 Å². The summed E-state index contributed by atoms with van der Waals surface area (Å²) < 4.78 is 37.6. The number of halogens is 3. The first-order valence-corrected chi connectivity index (χ1v) is 14.6. The molecule has 1 aliphatic rings. The first kappa shape index (κ1) is 31.3. The van der Waals surface area contributed by atoms with Gasteiger partial charge in [-0.15, -0.1) is 0 Å². The van der Waals surface area contributed by atoms with Gasteiger partial charge in [0.25, 0.3) is 0 Å².